The highest BCUT2D eigenvalue weighted by molar-refractivity contribution is 5.70. The molecule has 0 bridgehead atoms. The molecule has 2 aliphatic rings. The number of phenols is 1. The summed E-state index contributed by atoms with van der Waals surface area (Å²) in [6.45, 7) is 8.06. The van der Waals surface area contributed by atoms with Gasteiger partial charge in [-0.1, -0.05) is 6.07 Å². The summed E-state index contributed by atoms with van der Waals surface area (Å²) in [5, 5.41) is 19.0. The van der Waals surface area contributed by atoms with Crippen LogP contribution in [-0.4, -0.2) is 41.3 Å². The largest absolute Gasteiger partial charge is 0.508 e. The number of benzene rings is 2. The van der Waals surface area contributed by atoms with Crippen molar-refractivity contribution in [3.8, 4) is 11.8 Å². The van der Waals surface area contributed by atoms with E-state index in [0.29, 0.717) is 24.4 Å². The molecule has 1 amide bonds. The molecule has 1 N–H and O–H groups in total. The maximum absolute atomic E-state index is 13.1. The number of phenolic OH excluding ortho intramolecular Hbond substituents is 1. The molecule has 32 heavy (non-hydrogen) atoms. The number of aromatic hydroxyl groups is 1. The van der Waals surface area contributed by atoms with Crippen molar-refractivity contribution in [2.75, 3.05) is 24.5 Å². The molecule has 0 aromatic heterocycles. The number of anilines is 1. The van der Waals surface area contributed by atoms with Gasteiger partial charge in [-0.3, -0.25) is 0 Å². The van der Waals surface area contributed by atoms with Crippen molar-refractivity contribution < 1.29 is 14.6 Å². The van der Waals surface area contributed by atoms with Crippen LogP contribution in [0.1, 0.15) is 56.3 Å². The van der Waals surface area contributed by atoms with E-state index in [1.165, 1.54) is 0 Å². The van der Waals surface area contributed by atoms with Crippen molar-refractivity contribution in [1.29, 1.82) is 5.26 Å². The van der Waals surface area contributed by atoms with E-state index >= 15 is 0 Å². The molecule has 6 heteroatoms. The van der Waals surface area contributed by atoms with Crippen LogP contribution in [0, 0.1) is 17.2 Å². The standard InChI is InChI=1S/C26H31N3O3/c1-26(2,3)32-25(31)29-15-12-20-16-22(30)8-9-23(20)24(29)19-10-13-28(14-11-19)21-6-4-18(17-27)5-7-21/h4-9,16,19,24,30H,10-15H2,1-3H3. The molecule has 0 spiro atoms. The van der Waals surface area contributed by atoms with Crippen LogP contribution in [0.5, 0.6) is 5.75 Å². The lowest BCUT2D eigenvalue weighted by molar-refractivity contribution is 0.00499. The monoisotopic (exact) mass is 433 g/mol. The molecule has 2 aromatic rings. The molecule has 2 aliphatic heterocycles. The third kappa shape index (κ3) is 4.67. The number of nitrogens with zero attached hydrogens (tertiary/aromatic N) is 3. The summed E-state index contributed by atoms with van der Waals surface area (Å²) < 4.78 is 5.75. The summed E-state index contributed by atoms with van der Waals surface area (Å²) in [7, 11) is 0. The van der Waals surface area contributed by atoms with Gasteiger partial charge in [0.15, 0.2) is 0 Å². The van der Waals surface area contributed by atoms with E-state index in [0.717, 1.165) is 42.7 Å². The summed E-state index contributed by atoms with van der Waals surface area (Å²) in [5.41, 5.74) is 3.48. The van der Waals surface area contributed by atoms with E-state index in [1.807, 2.05) is 62.1 Å². The van der Waals surface area contributed by atoms with Crippen molar-refractivity contribution in [1.82, 2.24) is 4.90 Å². The Morgan fingerprint density at radius 3 is 2.41 bits per heavy atom. The number of carbonyl (C=O) groups is 1. The van der Waals surface area contributed by atoms with Crippen molar-refractivity contribution in [2.45, 2.75) is 51.7 Å². The first-order valence-corrected chi connectivity index (χ1v) is 11.3. The molecule has 4 rings (SSSR count). The van der Waals surface area contributed by atoms with Crippen molar-refractivity contribution >= 4 is 11.8 Å². The summed E-state index contributed by atoms with van der Waals surface area (Å²) in [6, 6.07) is 15.4. The highest BCUT2D eigenvalue weighted by atomic mass is 16.6. The van der Waals surface area contributed by atoms with Crippen LogP contribution in [0.2, 0.25) is 0 Å². The van der Waals surface area contributed by atoms with Gasteiger partial charge in [-0.2, -0.15) is 5.26 Å². The number of fused-ring (bicyclic) bond motifs is 1. The number of hydrogen-bond acceptors (Lipinski definition) is 5. The summed E-state index contributed by atoms with van der Waals surface area (Å²) in [6.07, 6.45) is 2.34. The fourth-order valence-corrected chi connectivity index (χ4v) is 4.90. The Morgan fingerprint density at radius 1 is 1.09 bits per heavy atom. The van der Waals surface area contributed by atoms with Gasteiger partial charge in [-0.05, 0) is 93.5 Å². The Bertz CT molecular complexity index is 1010. The Kier molecular flexibility index (Phi) is 6.01. The van der Waals surface area contributed by atoms with Gasteiger partial charge in [0.05, 0.1) is 17.7 Å². The Hall–Kier alpha value is -3.20. The molecular weight excluding hydrogens is 402 g/mol. The maximum Gasteiger partial charge on any atom is 0.410 e. The molecule has 1 saturated heterocycles. The highest BCUT2D eigenvalue weighted by Gasteiger charge is 2.39. The van der Waals surface area contributed by atoms with Crippen LogP contribution in [0.3, 0.4) is 0 Å². The SMILES string of the molecule is CC(C)(C)OC(=O)N1CCc2cc(O)ccc2C1C1CCN(c2ccc(C#N)cc2)CC1. The Balaban J connectivity index is 1.55. The minimum atomic E-state index is -0.546. The zero-order chi connectivity index (χ0) is 22.9. The second kappa shape index (κ2) is 8.74. The van der Waals surface area contributed by atoms with Crippen molar-refractivity contribution in [3.05, 3.63) is 59.2 Å². The summed E-state index contributed by atoms with van der Waals surface area (Å²) in [4.78, 5) is 17.3. The third-order valence-electron chi connectivity index (χ3n) is 6.38. The van der Waals surface area contributed by atoms with Crippen LogP contribution < -0.4 is 4.90 Å². The van der Waals surface area contributed by atoms with Gasteiger partial charge in [0.25, 0.3) is 0 Å². The average Bonchev–Trinajstić information content (AvgIpc) is 2.77. The Morgan fingerprint density at radius 2 is 1.78 bits per heavy atom. The summed E-state index contributed by atoms with van der Waals surface area (Å²) in [5.74, 6) is 0.574. The lowest BCUT2D eigenvalue weighted by atomic mass is 9.80. The Labute approximate surface area is 190 Å². The molecule has 2 heterocycles. The minimum Gasteiger partial charge on any atom is -0.508 e. The number of piperidine rings is 1. The van der Waals surface area contributed by atoms with E-state index in [2.05, 4.69) is 11.0 Å². The fourth-order valence-electron chi connectivity index (χ4n) is 4.90. The van der Waals surface area contributed by atoms with Gasteiger partial charge in [0.2, 0.25) is 0 Å². The minimum absolute atomic E-state index is 0.0580. The van der Waals surface area contributed by atoms with Gasteiger partial charge in [0.1, 0.15) is 11.4 Å². The first-order valence-electron chi connectivity index (χ1n) is 11.3. The highest BCUT2D eigenvalue weighted by Crippen LogP contribution is 2.42. The van der Waals surface area contributed by atoms with Crippen LogP contribution in [0.15, 0.2) is 42.5 Å². The number of rotatable bonds is 2. The molecule has 168 valence electrons. The molecule has 0 radical (unpaired) electrons. The predicted molar refractivity (Wildman–Crippen MR) is 124 cm³/mol. The lowest BCUT2D eigenvalue weighted by Gasteiger charge is -2.45. The first kappa shape index (κ1) is 22.0. The van der Waals surface area contributed by atoms with Gasteiger partial charge in [-0.25, -0.2) is 4.79 Å². The molecule has 1 fully saturated rings. The third-order valence-corrected chi connectivity index (χ3v) is 6.38. The lowest BCUT2D eigenvalue weighted by Crippen LogP contribution is -2.47. The molecular formula is C26H31N3O3. The molecule has 1 atom stereocenters. The van der Waals surface area contributed by atoms with E-state index in [4.69, 9.17) is 10.00 Å². The maximum atomic E-state index is 13.1. The van der Waals surface area contributed by atoms with Crippen LogP contribution in [-0.2, 0) is 11.2 Å². The summed E-state index contributed by atoms with van der Waals surface area (Å²) >= 11 is 0. The number of amides is 1. The second-order valence-corrected chi connectivity index (χ2v) is 9.73. The quantitative estimate of drug-likeness (QED) is 0.720. The molecule has 2 aromatic carbocycles. The number of nitriles is 1. The van der Waals surface area contributed by atoms with Crippen molar-refractivity contribution in [2.24, 2.45) is 5.92 Å². The van der Waals surface area contributed by atoms with Gasteiger partial charge in [-0.15, -0.1) is 0 Å². The van der Waals surface area contributed by atoms with Gasteiger partial charge < -0.3 is 19.6 Å². The normalized spacial score (nSPS) is 19.2. The first-order chi connectivity index (χ1) is 15.2. The molecule has 6 nitrogen and oxygen atoms in total. The van der Waals surface area contributed by atoms with Crippen LogP contribution in [0.4, 0.5) is 10.5 Å². The number of ether oxygens (including phenoxy) is 1. The predicted octanol–water partition coefficient (Wildman–Crippen LogP) is 5.01. The molecule has 0 aliphatic carbocycles. The second-order valence-electron chi connectivity index (χ2n) is 9.73. The zero-order valence-corrected chi connectivity index (χ0v) is 19.0. The number of hydrogen-bond donors (Lipinski definition) is 1. The fraction of sp³-hybridized carbons (Fsp3) is 0.462. The van der Waals surface area contributed by atoms with E-state index in [1.54, 1.807) is 6.07 Å². The van der Waals surface area contributed by atoms with E-state index in [9.17, 15) is 9.90 Å². The van der Waals surface area contributed by atoms with Gasteiger partial charge in [0, 0.05) is 25.3 Å². The van der Waals surface area contributed by atoms with Crippen LogP contribution >= 0.6 is 0 Å². The zero-order valence-electron chi connectivity index (χ0n) is 19.0. The average molecular weight is 434 g/mol. The van der Waals surface area contributed by atoms with E-state index in [-0.39, 0.29) is 17.9 Å². The van der Waals surface area contributed by atoms with Crippen molar-refractivity contribution in [3.63, 3.8) is 0 Å². The topological polar surface area (TPSA) is 76.8 Å². The smallest absolute Gasteiger partial charge is 0.410 e. The molecule has 1 unspecified atom stereocenters. The number of carbonyl (C=O) groups excluding carboxylic acids is 1. The van der Waals surface area contributed by atoms with Crippen LogP contribution in [0.25, 0.3) is 0 Å². The molecule has 0 saturated carbocycles. The van der Waals surface area contributed by atoms with E-state index < -0.39 is 5.60 Å². The van der Waals surface area contributed by atoms with Gasteiger partial charge >= 0.3 is 6.09 Å².